The third kappa shape index (κ3) is 60.6. The molecular weight excluding hydrogens is 1820 g/mol. The predicted octanol–water partition coefficient (Wildman–Crippen LogP) is 24.4. The molecule has 0 heterocycles. The van der Waals surface area contributed by atoms with Gasteiger partial charge in [0.05, 0.1) is 51.9 Å². The van der Waals surface area contributed by atoms with Crippen LogP contribution in [-0.4, -0.2) is 128 Å². The Bertz CT molecular complexity index is 3440. The Labute approximate surface area is 824 Å². The van der Waals surface area contributed by atoms with Crippen LogP contribution in [0.5, 0.6) is 0 Å². The zero-order valence-corrected chi connectivity index (χ0v) is 92.8. The van der Waals surface area contributed by atoms with E-state index >= 15 is 0 Å². The van der Waals surface area contributed by atoms with E-state index in [4.69, 9.17) is 28.9 Å². The summed E-state index contributed by atoms with van der Waals surface area (Å²) in [5, 5.41) is 28.6. The van der Waals surface area contributed by atoms with Crippen molar-refractivity contribution in [2.45, 2.75) is 398 Å². The standard InChI is InChI=1S/C17H26O3S.C12H22O2.C10H18O2.C10H20O.C10H20.C9H18O.C8H14O.C7H7ClO2S.C7H8O3S.C4H9O.C3H9IS.C2H7P.CH4.K/c1-4-17(11-9-15(3)10-12-17)13-20-21(18,19)16-7-5-14(2)6-8-16;1-4-12(11(13)14-5-2)8-6-10(3)7-9-12;1-3-12-10(11)9-6-4-8(2)5-7-9;1-3-10(8-11)6-4-9(2)5-7-10;1-4-10(3)7-5-9(2)6-8-10;1-3-9(2)6-4-8(10)5-7-9;1-2-7-3-5-8(9)6-4-7;2*1-6-2-4-7(5-3-6)11(8,9)10;1-4(2,3)5;1-5(2,3)4;1-3-2;;/h5-8,15H,4,9-13H2,1-3H3;10H,4-9H2,1-3H3;8-9H,3-7H2,1-2H3;9,11H,3-8H2,1-2H3;9H,4-8H2,1-3H3;8,10H,3-7H2,1-2H3;7H,2-6H2,1H3;2-5H,1H3;2-5H,1H3,(H,8,9,10);2*1-3H3;3H,1-2H3;1H4;/q;;;;;;;;;-1;;;;+1. The van der Waals surface area contributed by atoms with Crippen molar-refractivity contribution in [1.82, 2.24) is 0 Å². The Morgan fingerprint density at radius 1 is 0.516 bits per heavy atom. The molecule has 124 heavy (non-hydrogen) atoms. The first kappa shape index (κ1) is 130. The number of esters is 2. The molecule has 24 heteroatoms. The van der Waals surface area contributed by atoms with Crippen molar-refractivity contribution in [1.29, 1.82) is 0 Å². The molecule has 0 spiro atoms. The van der Waals surface area contributed by atoms with Crippen molar-refractivity contribution in [2.24, 2.45) is 68.5 Å². The van der Waals surface area contributed by atoms with Gasteiger partial charge in [-0.25, -0.2) is 8.42 Å². The molecule has 0 saturated heterocycles. The number of benzene rings is 3. The van der Waals surface area contributed by atoms with Gasteiger partial charge < -0.3 is 24.8 Å². The van der Waals surface area contributed by atoms with Gasteiger partial charge in [0.25, 0.3) is 29.3 Å². The average Bonchev–Trinajstić information content (AvgIpc) is 0.819. The summed E-state index contributed by atoms with van der Waals surface area (Å²) in [6.07, 6.45) is 46.4. The van der Waals surface area contributed by atoms with E-state index in [0.717, 1.165) is 157 Å². The monoisotopic (exact) mass is 2000 g/mol. The fourth-order valence-electron chi connectivity index (χ4n) is 15.3. The van der Waals surface area contributed by atoms with Crippen LogP contribution in [-0.2, 0) is 57.3 Å². The fraction of sp³-hybridized carbons (Fsp3) is 0.790. The maximum atomic E-state index is 12.3. The van der Waals surface area contributed by atoms with E-state index in [1.165, 1.54) is 146 Å². The Morgan fingerprint density at radius 3 is 1.14 bits per heavy atom. The van der Waals surface area contributed by atoms with Gasteiger partial charge in [-0.15, -0.1) is 14.2 Å². The molecule has 7 saturated carbocycles. The Morgan fingerprint density at radius 2 is 0.831 bits per heavy atom. The summed E-state index contributed by atoms with van der Waals surface area (Å²) < 4.78 is 91.1. The minimum Gasteiger partial charge on any atom is -0.850 e. The summed E-state index contributed by atoms with van der Waals surface area (Å²) in [5.74, 6) is 5.79. The first-order valence-corrected chi connectivity index (χ1v) is 58.9. The Hall–Kier alpha value is -0.644. The summed E-state index contributed by atoms with van der Waals surface area (Å²) in [7, 11) is -5.24. The maximum Gasteiger partial charge on any atom is 1.00 e. The number of aliphatic hydroxyl groups is 2. The van der Waals surface area contributed by atoms with Crippen LogP contribution in [0.4, 0.5) is 0 Å². The van der Waals surface area contributed by atoms with E-state index in [0.29, 0.717) is 48.5 Å². The first-order valence-electron chi connectivity index (χ1n) is 46.4. The number of ether oxygens (including phenoxy) is 2. The van der Waals surface area contributed by atoms with Crippen LogP contribution >= 0.6 is 47.7 Å². The smallest absolute Gasteiger partial charge is 0.850 e. The summed E-state index contributed by atoms with van der Waals surface area (Å²) in [4.78, 5) is 34.2. The predicted molar refractivity (Wildman–Crippen MR) is 534 cm³/mol. The molecule has 0 amide bonds. The molecule has 16 nitrogen and oxygen atoms in total. The van der Waals surface area contributed by atoms with Crippen LogP contribution < -0.4 is 56.5 Å². The molecule has 0 aromatic heterocycles. The summed E-state index contributed by atoms with van der Waals surface area (Å²) >= 11 is 2.46. The van der Waals surface area contributed by atoms with Gasteiger partial charge in [-0.1, -0.05) is 229 Å². The van der Waals surface area contributed by atoms with Gasteiger partial charge in [0.15, 0.2) is 0 Å². The molecule has 3 N–H and O–H groups in total. The molecule has 0 unspecified atom stereocenters. The van der Waals surface area contributed by atoms with Crippen LogP contribution in [0.25, 0.3) is 0 Å². The third-order valence-corrected chi connectivity index (χ3v) is 29.3. The zero-order chi connectivity index (χ0) is 94.0. The summed E-state index contributed by atoms with van der Waals surface area (Å²) in [6, 6.07) is 19.2. The van der Waals surface area contributed by atoms with Crippen LogP contribution in [0.2, 0.25) is 0 Å². The number of carbonyl (C=O) groups is 3. The van der Waals surface area contributed by atoms with Crippen LogP contribution in [0.15, 0.2) is 87.5 Å². The van der Waals surface area contributed by atoms with E-state index in [-0.39, 0.29) is 115 Å². The summed E-state index contributed by atoms with van der Waals surface area (Å²) in [5.41, 5.74) is 3.68. The quantitative estimate of drug-likeness (QED) is 0.0216. The molecule has 0 radical (unpaired) electrons. The topological polar surface area (TPSA) is 265 Å². The summed E-state index contributed by atoms with van der Waals surface area (Å²) in [6.45, 7) is 49.8. The number of aliphatic hydroxyl groups excluding tert-OH is 2. The Balaban J connectivity index is -0.000000646. The number of hydrogen-bond acceptors (Lipinski definition) is 15. The van der Waals surface area contributed by atoms with E-state index < -0.39 is 34.9 Å². The molecule has 7 aliphatic carbocycles. The fourth-order valence-corrected chi connectivity index (χ4v) is 17.5. The van der Waals surface area contributed by atoms with Crippen LogP contribution in [0.3, 0.4) is 0 Å². The average molecular weight is 2000 g/mol. The molecule has 0 atom stereocenters. The van der Waals surface area contributed by atoms with Crippen LogP contribution in [0.1, 0.15) is 367 Å². The van der Waals surface area contributed by atoms with Gasteiger partial charge in [0, 0.05) is 30.1 Å². The molecule has 7 aliphatic rings. The van der Waals surface area contributed by atoms with Crippen molar-refractivity contribution in [3.05, 3.63) is 89.5 Å². The largest absolute Gasteiger partial charge is 1.00 e. The van der Waals surface area contributed by atoms with Gasteiger partial charge in [-0.3, -0.25) is 23.1 Å². The van der Waals surface area contributed by atoms with Gasteiger partial charge in [-0.05, 0) is 329 Å². The van der Waals surface area contributed by atoms with E-state index in [1.807, 2.05) is 34.6 Å². The molecular formula is C100H182ClIKO16PS4. The first-order chi connectivity index (χ1) is 56.5. The number of carbonyl (C=O) groups excluding carboxylic acids is 3. The van der Waals surface area contributed by atoms with E-state index in [9.17, 15) is 55.0 Å². The van der Waals surface area contributed by atoms with E-state index in [1.54, 1.807) is 69.3 Å². The van der Waals surface area contributed by atoms with Gasteiger partial charge in [0.1, 0.15) is 5.78 Å². The van der Waals surface area contributed by atoms with Crippen molar-refractivity contribution >= 4 is 94.7 Å². The number of halogens is 2. The molecule has 3 aromatic carbocycles. The molecule has 0 aliphatic heterocycles. The SMILES string of the molecule is C.CC(C)(C)[O-].CCC1(C)CCC(C)CC1.CCC1(C)CCC(O)CC1.CCC1(CO)CCC(C)CC1.CCC1(COS(=O)(=O)c2ccc(C)cc2)CCC(C)CC1.CCC1CCC(=O)CC1.CCOC(=O)C1(CC)CCC(C)CC1.CCOC(=O)C1CCC(C)CC1.CPC.CS(C)(C)I.Cc1ccc(S(=O)(=O)Cl)cc1.Cc1ccc(S(=O)(=O)O)cc1.[K+]. The second-order valence-electron chi connectivity index (χ2n) is 39.0. The van der Waals surface area contributed by atoms with Crippen molar-refractivity contribution < 1.29 is 125 Å². The minimum atomic E-state index is -4.02. The number of Topliss-reactive ketones (excluding diaryl/α,β-unsaturated/α-hetero) is 1. The number of hydrogen-bond donors (Lipinski definition) is 3. The number of aryl methyl sites for hydroxylation is 3. The Kier molecular flexibility index (Phi) is 69.7. The molecule has 7 fully saturated rings. The van der Waals surface area contributed by atoms with Crippen molar-refractivity contribution in [3.8, 4) is 0 Å². The van der Waals surface area contributed by atoms with Gasteiger partial charge in [0.2, 0.25) is 0 Å². The van der Waals surface area contributed by atoms with E-state index in [2.05, 4.69) is 143 Å². The third-order valence-electron chi connectivity index (χ3n) is 25.8. The second-order valence-corrected chi connectivity index (χ2v) is 56.9. The molecule has 10 rings (SSSR count). The maximum absolute atomic E-state index is 12.3. The van der Waals surface area contributed by atoms with Crippen molar-refractivity contribution in [3.63, 3.8) is 0 Å². The normalized spacial score (nSPS) is 26.2. The minimum absolute atomic E-state index is 0. The zero-order valence-electron chi connectivity index (χ0n) is 82.5. The number of ketones is 1. The van der Waals surface area contributed by atoms with Crippen molar-refractivity contribution in [2.75, 3.05) is 58.5 Å². The number of rotatable bonds is 17. The van der Waals surface area contributed by atoms with Gasteiger partial charge >= 0.3 is 63.3 Å². The van der Waals surface area contributed by atoms with Gasteiger partial charge in [-0.2, -0.15) is 24.0 Å². The second kappa shape index (κ2) is 66.7. The molecule has 722 valence electrons. The molecule has 3 aromatic rings. The van der Waals surface area contributed by atoms with Crippen LogP contribution in [0, 0.1) is 89.3 Å². The molecule has 0 bridgehead atoms.